The summed E-state index contributed by atoms with van der Waals surface area (Å²) in [6.07, 6.45) is 0. The Labute approximate surface area is 111 Å². The van der Waals surface area contributed by atoms with Crippen molar-refractivity contribution in [3.05, 3.63) is 54.1 Å². The summed E-state index contributed by atoms with van der Waals surface area (Å²) in [7, 11) is -4.14. The van der Waals surface area contributed by atoms with Crippen molar-refractivity contribution in [2.75, 3.05) is 11.1 Å². The molecule has 0 fully saturated rings. The van der Waals surface area contributed by atoms with Gasteiger partial charge in [0, 0.05) is 17.9 Å². The van der Waals surface area contributed by atoms with Gasteiger partial charge in [0.05, 0.1) is 4.90 Å². The third-order valence-corrected chi connectivity index (χ3v) is 3.47. The Morgan fingerprint density at radius 3 is 2.37 bits per heavy atom. The van der Waals surface area contributed by atoms with E-state index in [1.807, 2.05) is 24.3 Å². The lowest BCUT2D eigenvalue weighted by Crippen LogP contribution is -2.01. The molecule has 0 unspecified atom stereocenters. The second-order valence-electron chi connectivity index (χ2n) is 4.10. The van der Waals surface area contributed by atoms with Crippen molar-refractivity contribution in [2.24, 2.45) is 0 Å². The molecule has 0 atom stereocenters. The summed E-state index contributed by atoms with van der Waals surface area (Å²) in [6.45, 7) is 0.580. The summed E-state index contributed by atoms with van der Waals surface area (Å²) in [6, 6.07) is 13.4. The van der Waals surface area contributed by atoms with Crippen LogP contribution >= 0.6 is 0 Å². The normalized spacial score (nSPS) is 11.2. The Kier molecular flexibility index (Phi) is 3.73. The van der Waals surface area contributed by atoms with Crippen LogP contribution in [-0.2, 0) is 16.7 Å². The van der Waals surface area contributed by atoms with Crippen molar-refractivity contribution in [1.82, 2.24) is 0 Å². The average molecular weight is 278 g/mol. The zero-order chi connectivity index (χ0) is 13.9. The minimum atomic E-state index is -4.14. The van der Waals surface area contributed by atoms with Gasteiger partial charge in [-0.2, -0.15) is 8.42 Å². The second-order valence-corrected chi connectivity index (χ2v) is 5.52. The van der Waals surface area contributed by atoms with Crippen molar-refractivity contribution in [1.29, 1.82) is 0 Å². The molecule has 0 aromatic heterocycles. The summed E-state index contributed by atoms with van der Waals surface area (Å²) in [5.41, 5.74) is 8.15. The van der Waals surface area contributed by atoms with Gasteiger partial charge in [-0.1, -0.05) is 12.1 Å². The monoisotopic (exact) mass is 278 g/mol. The zero-order valence-electron chi connectivity index (χ0n) is 10.1. The summed E-state index contributed by atoms with van der Waals surface area (Å²) in [4.78, 5) is -0.123. The summed E-state index contributed by atoms with van der Waals surface area (Å²) in [5, 5.41) is 3.13. The standard InChI is InChI=1S/C13H14N2O3S/c14-11-3-1-2-10(8-11)9-15-12-4-6-13(7-5-12)19(16,17)18/h1-8,15H,9,14H2,(H,16,17,18). The predicted octanol–water partition coefficient (Wildman–Crippen LogP) is 2.13. The van der Waals surface area contributed by atoms with E-state index in [1.165, 1.54) is 12.1 Å². The fraction of sp³-hybridized carbons (Fsp3) is 0.0769. The number of nitrogens with one attached hydrogen (secondary N) is 1. The van der Waals surface area contributed by atoms with Crippen LogP contribution in [0.2, 0.25) is 0 Å². The highest BCUT2D eigenvalue weighted by Crippen LogP contribution is 2.15. The molecule has 0 saturated carbocycles. The first-order valence-electron chi connectivity index (χ1n) is 5.61. The first kappa shape index (κ1) is 13.4. The molecule has 0 heterocycles. The lowest BCUT2D eigenvalue weighted by molar-refractivity contribution is 0.483. The number of nitrogen functional groups attached to an aromatic ring is 1. The molecule has 100 valence electrons. The summed E-state index contributed by atoms with van der Waals surface area (Å²) >= 11 is 0. The smallest absolute Gasteiger partial charge is 0.294 e. The van der Waals surface area contributed by atoms with Crippen LogP contribution in [0.1, 0.15) is 5.56 Å². The fourth-order valence-corrected chi connectivity index (χ4v) is 2.13. The van der Waals surface area contributed by atoms with Crippen molar-refractivity contribution >= 4 is 21.5 Å². The maximum Gasteiger partial charge on any atom is 0.294 e. The van der Waals surface area contributed by atoms with Crippen molar-refractivity contribution in [3.8, 4) is 0 Å². The number of benzene rings is 2. The topological polar surface area (TPSA) is 92.4 Å². The highest BCUT2D eigenvalue weighted by molar-refractivity contribution is 7.85. The molecule has 5 nitrogen and oxygen atoms in total. The van der Waals surface area contributed by atoms with E-state index in [-0.39, 0.29) is 4.90 Å². The Bertz CT molecular complexity index is 667. The van der Waals surface area contributed by atoms with Crippen molar-refractivity contribution < 1.29 is 13.0 Å². The zero-order valence-corrected chi connectivity index (χ0v) is 10.9. The first-order chi connectivity index (χ1) is 8.95. The van der Waals surface area contributed by atoms with Crippen molar-refractivity contribution in [3.63, 3.8) is 0 Å². The largest absolute Gasteiger partial charge is 0.399 e. The molecule has 0 bridgehead atoms. The molecule has 2 rings (SSSR count). The molecular formula is C13H14N2O3S. The Balaban J connectivity index is 2.05. The van der Waals surface area contributed by atoms with Gasteiger partial charge in [0.1, 0.15) is 0 Å². The predicted molar refractivity (Wildman–Crippen MR) is 74.4 cm³/mol. The second kappa shape index (κ2) is 5.29. The van der Waals surface area contributed by atoms with Crippen LogP contribution in [0.5, 0.6) is 0 Å². The highest BCUT2D eigenvalue weighted by Gasteiger charge is 2.08. The Morgan fingerprint density at radius 1 is 1.11 bits per heavy atom. The van der Waals surface area contributed by atoms with E-state index in [0.717, 1.165) is 11.3 Å². The lowest BCUT2D eigenvalue weighted by atomic mass is 10.2. The minimum Gasteiger partial charge on any atom is -0.399 e. The SMILES string of the molecule is Nc1cccc(CNc2ccc(S(=O)(=O)O)cc2)c1. The van der Waals surface area contributed by atoms with Crippen LogP contribution < -0.4 is 11.1 Å². The van der Waals surface area contributed by atoms with Gasteiger partial charge in [0.25, 0.3) is 10.1 Å². The van der Waals surface area contributed by atoms with E-state index in [9.17, 15) is 8.42 Å². The summed E-state index contributed by atoms with van der Waals surface area (Å²) < 4.78 is 30.6. The van der Waals surface area contributed by atoms with E-state index < -0.39 is 10.1 Å². The molecule has 2 aromatic carbocycles. The number of hydrogen-bond donors (Lipinski definition) is 3. The molecule has 0 saturated heterocycles. The number of nitrogens with two attached hydrogens (primary N) is 1. The van der Waals surface area contributed by atoms with Gasteiger partial charge in [0.2, 0.25) is 0 Å². The molecular weight excluding hydrogens is 264 g/mol. The highest BCUT2D eigenvalue weighted by atomic mass is 32.2. The van der Waals surface area contributed by atoms with E-state index in [4.69, 9.17) is 10.3 Å². The minimum absolute atomic E-state index is 0.123. The van der Waals surface area contributed by atoms with Crippen LogP contribution in [-0.4, -0.2) is 13.0 Å². The summed E-state index contributed by atoms with van der Waals surface area (Å²) in [5.74, 6) is 0. The van der Waals surface area contributed by atoms with Crippen LogP contribution in [0.25, 0.3) is 0 Å². The number of hydrogen-bond acceptors (Lipinski definition) is 4. The average Bonchev–Trinajstić information content (AvgIpc) is 2.36. The maximum atomic E-state index is 10.9. The van der Waals surface area contributed by atoms with Crippen LogP contribution in [0.3, 0.4) is 0 Å². The lowest BCUT2D eigenvalue weighted by Gasteiger charge is -2.07. The quantitative estimate of drug-likeness (QED) is 0.588. The number of anilines is 2. The molecule has 0 amide bonds. The number of rotatable bonds is 4. The first-order valence-corrected chi connectivity index (χ1v) is 7.05. The Morgan fingerprint density at radius 2 is 1.79 bits per heavy atom. The third-order valence-electron chi connectivity index (χ3n) is 2.60. The third kappa shape index (κ3) is 3.70. The van der Waals surface area contributed by atoms with Gasteiger partial charge in [-0.15, -0.1) is 0 Å². The van der Waals surface area contributed by atoms with E-state index in [0.29, 0.717) is 12.2 Å². The molecule has 6 heteroatoms. The van der Waals surface area contributed by atoms with Crippen molar-refractivity contribution in [2.45, 2.75) is 11.4 Å². The molecule has 0 aliphatic heterocycles. The molecule has 2 aromatic rings. The van der Waals surface area contributed by atoms with Gasteiger partial charge >= 0.3 is 0 Å². The van der Waals surface area contributed by atoms with Gasteiger partial charge in [0.15, 0.2) is 0 Å². The van der Waals surface area contributed by atoms with Gasteiger partial charge < -0.3 is 11.1 Å². The molecule has 19 heavy (non-hydrogen) atoms. The van der Waals surface area contributed by atoms with Gasteiger partial charge in [-0.05, 0) is 42.0 Å². The molecule has 0 radical (unpaired) electrons. The molecule has 0 aliphatic carbocycles. The van der Waals surface area contributed by atoms with E-state index in [2.05, 4.69) is 5.32 Å². The maximum absolute atomic E-state index is 10.9. The Hall–Kier alpha value is -2.05. The van der Waals surface area contributed by atoms with Crippen LogP contribution in [0.4, 0.5) is 11.4 Å². The van der Waals surface area contributed by atoms with E-state index >= 15 is 0 Å². The molecule has 0 spiro atoms. The fourth-order valence-electron chi connectivity index (χ4n) is 1.65. The van der Waals surface area contributed by atoms with Crippen LogP contribution in [0.15, 0.2) is 53.4 Å². The molecule has 4 N–H and O–H groups in total. The van der Waals surface area contributed by atoms with E-state index in [1.54, 1.807) is 12.1 Å². The van der Waals surface area contributed by atoms with Gasteiger partial charge in [-0.3, -0.25) is 4.55 Å². The van der Waals surface area contributed by atoms with Crippen LogP contribution in [0, 0.1) is 0 Å². The molecule has 0 aliphatic rings. The van der Waals surface area contributed by atoms with Gasteiger partial charge in [-0.25, -0.2) is 0 Å².